The number of ether oxygens (including phenoxy) is 1. The molecule has 2 aromatic heterocycles. The van der Waals surface area contributed by atoms with E-state index >= 15 is 0 Å². The van der Waals surface area contributed by atoms with Crippen LogP contribution in [0.2, 0.25) is 0 Å². The third-order valence-electron chi connectivity index (χ3n) is 5.03. The molecule has 3 heterocycles. The summed E-state index contributed by atoms with van der Waals surface area (Å²) < 4.78 is 10.5. The lowest BCUT2D eigenvalue weighted by molar-refractivity contribution is -0.132. The molecule has 3 aromatic rings. The highest BCUT2D eigenvalue weighted by atomic mass is 16.5. The number of nitrogens with zero attached hydrogens (tertiary/aromatic N) is 4. The Balaban J connectivity index is 1.38. The Bertz CT molecular complexity index is 924. The number of rotatable bonds is 6. The molecule has 7 nitrogen and oxygen atoms in total. The fourth-order valence-corrected chi connectivity index (χ4v) is 3.57. The van der Waals surface area contributed by atoms with Crippen LogP contribution < -0.4 is 4.74 Å². The number of benzene rings is 1. The minimum atomic E-state index is 0.114. The van der Waals surface area contributed by atoms with E-state index in [1.165, 1.54) is 0 Å². The van der Waals surface area contributed by atoms with Crippen molar-refractivity contribution in [2.75, 3.05) is 13.7 Å². The second kappa shape index (κ2) is 8.21. The maximum atomic E-state index is 12.8. The number of pyridine rings is 1. The summed E-state index contributed by atoms with van der Waals surface area (Å²) in [5, 5.41) is 4.02. The first kappa shape index (κ1) is 18.2. The zero-order valence-corrected chi connectivity index (χ0v) is 15.7. The number of amides is 1. The average Bonchev–Trinajstić information content (AvgIpc) is 3.43. The minimum Gasteiger partial charge on any atom is -0.497 e. The lowest BCUT2D eigenvalue weighted by Gasteiger charge is -2.24. The molecule has 0 bridgehead atoms. The van der Waals surface area contributed by atoms with Crippen molar-refractivity contribution >= 4 is 5.91 Å². The van der Waals surface area contributed by atoms with Crippen LogP contribution in [0.4, 0.5) is 0 Å². The van der Waals surface area contributed by atoms with Crippen LogP contribution in [-0.4, -0.2) is 39.6 Å². The van der Waals surface area contributed by atoms with Crippen molar-refractivity contribution < 1.29 is 14.1 Å². The second-order valence-corrected chi connectivity index (χ2v) is 6.77. The normalized spacial score (nSPS) is 16.3. The molecule has 1 fully saturated rings. The number of carbonyl (C=O) groups is 1. The van der Waals surface area contributed by atoms with Gasteiger partial charge in [-0.05, 0) is 54.8 Å². The van der Waals surface area contributed by atoms with E-state index in [-0.39, 0.29) is 11.9 Å². The van der Waals surface area contributed by atoms with Crippen molar-refractivity contribution in [2.45, 2.75) is 31.7 Å². The summed E-state index contributed by atoms with van der Waals surface area (Å²) in [6.07, 6.45) is 6.33. The molecular formula is C21H22N4O3. The largest absolute Gasteiger partial charge is 0.497 e. The Kier molecular flexibility index (Phi) is 5.32. The first-order valence-electron chi connectivity index (χ1n) is 9.41. The fraction of sp³-hybridized carbons (Fsp3) is 0.333. The Labute approximate surface area is 163 Å². The van der Waals surface area contributed by atoms with Gasteiger partial charge in [0.1, 0.15) is 5.75 Å². The van der Waals surface area contributed by atoms with E-state index in [0.29, 0.717) is 24.6 Å². The Morgan fingerprint density at radius 1 is 1.21 bits per heavy atom. The predicted octanol–water partition coefficient (Wildman–Crippen LogP) is 3.44. The van der Waals surface area contributed by atoms with Gasteiger partial charge in [0.05, 0.1) is 13.2 Å². The number of methoxy groups -OCH3 is 1. The molecule has 0 radical (unpaired) electrons. The highest BCUT2D eigenvalue weighted by Crippen LogP contribution is 2.32. The van der Waals surface area contributed by atoms with E-state index < -0.39 is 0 Å². The Hall–Kier alpha value is -3.22. The molecule has 144 valence electrons. The van der Waals surface area contributed by atoms with Crippen LogP contribution in [0.25, 0.3) is 11.4 Å². The predicted molar refractivity (Wildman–Crippen MR) is 103 cm³/mol. The number of aromatic nitrogens is 3. The van der Waals surface area contributed by atoms with Crippen LogP contribution in [-0.2, 0) is 11.2 Å². The number of hydrogen-bond acceptors (Lipinski definition) is 6. The Morgan fingerprint density at radius 2 is 2.00 bits per heavy atom. The molecule has 1 aliphatic rings. The summed E-state index contributed by atoms with van der Waals surface area (Å²) in [4.78, 5) is 23.2. The molecule has 7 heteroatoms. The molecule has 0 N–H and O–H groups in total. The molecule has 1 aromatic carbocycles. The maximum absolute atomic E-state index is 12.8. The Morgan fingerprint density at radius 3 is 2.75 bits per heavy atom. The number of carbonyl (C=O) groups excluding carboxylic acids is 1. The molecule has 1 saturated heterocycles. The third-order valence-corrected chi connectivity index (χ3v) is 5.03. The van der Waals surface area contributed by atoms with Crippen LogP contribution in [0.15, 0.2) is 53.3 Å². The molecule has 1 amide bonds. The molecule has 0 spiro atoms. The molecule has 28 heavy (non-hydrogen) atoms. The van der Waals surface area contributed by atoms with Crippen molar-refractivity contribution in [1.29, 1.82) is 0 Å². The van der Waals surface area contributed by atoms with E-state index in [2.05, 4.69) is 15.1 Å². The van der Waals surface area contributed by atoms with Gasteiger partial charge in [0, 0.05) is 37.3 Å². The van der Waals surface area contributed by atoms with Gasteiger partial charge in [-0.1, -0.05) is 5.16 Å². The van der Waals surface area contributed by atoms with Crippen molar-refractivity contribution in [3.05, 3.63) is 60.2 Å². The van der Waals surface area contributed by atoms with Crippen LogP contribution in [0.5, 0.6) is 5.75 Å². The highest BCUT2D eigenvalue weighted by molar-refractivity contribution is 5.77. The smallest absolute Gasteiger partial charge is 0.227 e. The SMILES string of the molecule is COc1ccc(-c2noc(CCC(=O)N3CCC[C@H]3c3ccncc3)n2)cc1. The van der Waals surface area contributed by atoms with E-state index in [1.807, 2.05) is 41.3 Å². The summed E-state index contributed by atoms with van der Waals surface area (Å²) in [5.74, 6) is 1.87. The lowest BCUT2D eigenvalue weighted by atomic mass is 10.1. The molecule has 1 aliphatic heterocycles. The van der Waals surface area contributed by atoms with Crippen molar-refractivity contribution in [1.82, 2.24) is 20.0 Å². The zero-order valence-electron chi connectivity index (χ0n) is 15.7. The van der Waals surface area contributed by atoms with Gasteiger partial charge in [-0.2, -0.15) is 4.98 Å². The first-order chi connectivity index (χ1) is 13.7. The van der Waals surface area contributed by atoms with Crippen LogP contribution >= 0.6 is 0 Å². The topological polar surface area (TPSA) is 81.4 Å². The van der Waals surface area contributed by atoms with E-state index in [0.717, 1.165) is 36.3 Å². The summed E-state index contributed by atoms with van der Waals surface area (Å²) in [7, 11) is 1.62. The van der Waals surface area contributed by atoms with Gasteiger partial charge in [-0.15, -0.1) is 0 Å². The standard InChI is InChI=1S/C21H22N4O3/c1-27-17-6-4-16(5-7-17)21-23-19(28-24-21)8-9-20(26)25-14-2-3-18(25)15-10-12-22-13-11-15/h4-7,10-13,18H,2-3,8-9,14H2,1H3/t18-/m0/s1. The number of hydrogen-bond donors (Lipinski definition) is 0. The van der Waals surface area contributed by atoms with Gasteiger partial charge in [0.2, 0.25) is 17.6 Å². The summed E-state index contributed by atoms with van der Waals surface area (Å²) in [6, 6.07) is 11.5. The lowest BCUT2D eigenvalue weighted by Crippen LogP contribution is -2.30. The van der Waals surface area contributed by atoms with Crippen LogP contribution in [0.3, 0.4) is 0 Å². The van der Waals surface area contributed by atoms with Crippen LogP contribution in [0, 0.1) is 0 Å². The van der Waals surface area contributed by atoms with E-state index in [4.69, 9.17) is 9.26 Å². The number of aryl methyl sites for hydroxylation is 1. The summed E-state index contributed by atoms with van der Waals surface area (Å²) in [6.45, 7) is 0.784. The molecule has 0 saturated carbocycles. The van der Waals surface area contributed by atoms with Crippen molar-refractivity contribution in [2.24, 2.45) is 0 Å². The van der Waals surface area contributed by atoms with E-state index in [1.54, 1.807) is 19.5 Å². The van der Waals surface area contributed by atoms with Crippen LogP contribution in [0.1, 0.15) is 36.8 Å². The quantitative estimate of drug-likeness (QED) is 0.654. The van der Waals surface area contributed by atoms with Gasteiger partial charge in [0.15, 0.2) is 0 Å². The van der Waals surface area contributed by atoms with Crippen molar-refractivity contribution in [3.8, 4) is 17.1 Å². The summed E-state index contributed by atoms with van der Waals surface area (Å²) in [5.41, 5.74) is 1.99. The minimum absolute atomic E-state index is 0.114. The van der Waals surface area contributed by atoms with Crippen molar-refractivity contribution in [3.63, 3.8) is 0 Å². The average molecular weight is 378 g/mol. The van der Waals surface area contributed by atoms with Gasteiger partial charge in [0.25, 0.3) is 0 Å². The van der Waals surface area contributed by atoms with Gasteiger partial charge in [-0.25, -0.2) is 0 Å². The van der Waals surface area contributed by atoms with Gasteiger partial charge in [-0.3, -0.25) is 9.78 Å². The maximum Gasteiger partial charge on any atom is 0.227 e. The number of likely N-dealkylation sites (tertiary alicyclic amines) is 1. The molecule has 1 atom stereocenters. The monoisotopic (exact) mass is 378 g/mol. The summed E-state index contributed by atoms with van der Waals surface area (Å²) >= 11 is 0. The first-order valence-corrected chi connectivity index (χ1v) is 9.41. The molecule has 0 unspecified atom stereocenters. The van der Waals surface area contributed by atoms with E-state index in [9.17, 15) is 4.79 Å². The zero-order chi connectivity index (χ0) is 19.3. The highest BCUT2D eigenvalue weighted by Gasteiger charge is 2.29. The molecule has 0 aliphatic carbocycles. The molecular weight excluding hydrogens is 356 g/mol. The second-order valence-electron chi connectivity index (χ2n) is 6.77. The molecule has 4 rings (SSSR count). The fourth-order valence-electron chi connectivity index (χ4n) is 3.57. The van der Waals surface area contributed by atoms with Gasteiger partial charge >= 0.3 is 0 Å². The van der Waals surface area contributed by atoms with Gasteiger partial charge < -0.3 is 14.2 Å². The third kappa shape index (κ3) is 3.88.